The number of ether oxygens (including phenoxy) is 4. The van der Waals surface area contributed by atoms with Gasteiger partial charge in [-0.15, -0.1) is 0 Å². The lowest BCUT2D eigenvalue weighted by Crippen LogP contribution is -2.17. The zero-order valence-corrected chi connectivity index (χ0v) is 16.2. The summed E-state index contributed by atoms with van der Waals surface area (Å²) in [4.78, 5) is 24.2. The first-order valence-corrected chi connectivity index (χ1v) is 9.39. The first kappa shape index (κ1) is 21.2. The Bertz CT molecular complexity index is 1000. The maximum atomic E-state index is 12.4. The van der Waals surface area contributed by atoms with Gasteiger partial charge < -0.3 is 18.9 Å². The van der Waals surface area contributed by atoms with Crippen molar-refractivity contribution in [1.29, 1.82) is 0 Å². The first-order valence-electron chi connectivity index (χ1n) is 7.84. The Hall–Kier alpha value is -3.11. The van der Waals surface area contributed by atoms with Gasteiger partial charge in [-0.25, -0.2) is 18.4 Å². The minimum atomic E-state index is -4.12. The van der Waals surface area contributed by atoms with Gasteiger partial charge in [0.2, 0.25) is 15.8 Å². The van der Waals surface area contributed by atoms with E-state index in [1.165, 1.54) is 45.6 Å². The van der Waals surface area contributed by atoms with Crippen molar-refractivity contribution in [2.45, 2.75) is 4.90 Å². The molecule has 0 unspecified atom stereocenters. The van der Waals surface area contributed by atoms with Gasteiger partial charge in [0.15, 0.2) is 6.61 Å². The number of sulfonamides is 1. The molecule has 9 nitrogen and oxygen atoms in total. The van der Waals surface area contributed by atoms with Crippen molar-refractivity contribution in [1.82, 2.24) is 0 Å². The molecule has 0 aliphatic rings. The highest BCUT2D eigenvalue weighted by atomic mass is 32.2. The second-order valence-corrected chi connectivity index (χ2v) is 7.01. The summed E-state index contributed by atoms with van der Waals surface area (Å²) < 4.78 is 43.4. The lowest BCUT2D eigenvalue weighted by Gasteiger charge is -2.11. The Balaban J connectivity index is 2.17. The van der Waals surface area contributed by atoms with Gasteiger partial charge in [0.25, 0.3) is 0 Å². The number of Topliss-reactive ketones (excluding diaryl/α,β-unsaturated/α-hetero) is 1. The Kier molecular flexibility index (Phi) is 6.60. The third kappa shape index (κ3) is 4.78. The van der Waals surface area contributed by atoms with Crippen molar-refractivity contribution in [3.8, 4) is 17.2 Å². The third-order valence-electron chi connectivity index (χ3n) is 3.75. The molecule has 0 saturated heterocycles. The van der Waals surface area contributed by atoms with Crippen LogP contribution >= 0.6 is 0 Å². The Morgan fingerprint density at radius 2 is 1.61 bits per heavy atom. The molecule has 2 rings (SSSR count). The molecular weight excluding hydrogens is 390 g/mol. The molecule has 0 atom stereocenters. The number of hydrogen-bond acceptors (Lipinski definition) is 8. The first-order chi connectivity index (χ1) is 13.2. The van der Waals surface area contributed by atoms with E-state index in [0.29, 0.717) is 5.75 Å². The fraction of sp³-hybridized carbons (Fsp3) is 0.222. The van der Waals surface area contributed by atoms with Crippen LogP contribution in [-0.4, -0.2) is 48.1 Å². The maximum absolute atomic E-state index is 12.4. The minimum absolute atomic E-state index is 0.0157. The zero-order chi connectivity index (χ0) is 20.9. The third-order valence-corrected chi connectivity index (χ3v) is 4.68. The Morgan fingerprint density at radius 1 is 0.929 bits per heavy atom. The predicted molar refractivity (Wildman–Crippen MR) is 98.5 cm³/mol. The van der Waals surface area contributed by atoms with Crippen LogP contribution in [0.15, 0.2) is 41.3 Å². The molecule has 0 aromatic heterocycles. The summed E-state index contributed by atoms with van der Waals surface area (Å²) in [6, 6.07) is 8.17. The monoisotopic (exact) mass is 409 g/mol. The van der Waals surface area contributed by atoms with Gasteiger partial charge in [-0.2, -0.15) is 0 Å². The summed E-state index contributed by atoms with van der Waals surface area (Å²) in [7, 11) is 0.0146. The molecule has 2 aromatic rings. The molecule has 0 radical (unpaired) electrons. The highest BCUT2D eigenvalue weighted by Gasteiger charge is 2.20. The van der Waals surface area contributed by atoms with Gasteiger partial charge in [-0.3, -0.25) is 4.79 Å². The van der Waals surface area contributed by atoms with Crippen LogP contribution in [0.3, 0.4) is 0 Å². The molecule has 0 amide bonds. The molecule has 28 heavy (non-hydrogen) atoms. The van der Waals surface area contributed by atoms with Gasteiger partial charge in [0, 0.05) is 6.07 Å². The van der Waals surface area contributed by atoms with E-state index in [1.807, 2.05) is 0 Å². The van der Waals surface area contributed by atoms with E-state index in [4.69, 9.17) is 24.1 Å². The van der Waals surface area contributed by atoms with Gasteiger partial charge >= 0.3 is 5.97 Å². The van der Waals surface area contributed by atoms with Gasteiger partial charge in [0.1, 0.15) is 22.1 Å². The van der Waals surface area contributed by atoms with Crippen LogP contribution in [0.1, 0.15) is 20.7 Å². The predicted octanol–water partition coefficient (Wildman–Crippen LogP) is 1.40. The summed E-state index contributed by atoms with van der Waals surface area (Å²) >= 11 is 0. The standard InChI is InChI=1S/C18H19NO8S/c1-24-12-5-6-13(16(9-12)26-3)14(20)10-27-18(21)11-4-7-15(25-2)17(8-11)28(19,22)23/h4-9H,10H2,1-3H3,(H2,19,22,23). The minimum Gasteiger partial charge on any atom is -0.497 e. The van der Waals surface area contributed by atoms with Crippen molar-refractivity contribution in [3.63, 3.8) is 0 Å². The molecule has 2 N–H and O–H groups in total. The van der Waals surface area contributed by atoms with Crippen molar-refractivity contribution in [2.24, 2.45) is 5.14 Å². The number of rotatable bonds is 8. The summed E-state index contributed by atoms with van der Waals surface area (Å²) in [5, 5.41) is 5.12. The van der Waals surface area contributed by atoms with Crippen LogP contribution in [0, 0.1) is 0 Å². The van der Waals surface area contributed by atoms with E-state index in [-0.39, 0.29) is 27.5 Å². The van der Waals surface area contributed by atoms with E-state index in [9.17, 15) is 18.0 Å². The molecule has 0 aliphatic carbocycles. The van der Waals surface area contributed by atoms with Crippen LogP contribution < -0.4 is 19.3 Å². The van der Waals surface area contributed by atoms with Crippen molar-refractivity contribution in [2.75, 3.05) is 27.9 Å². The van der Waals surface area contributed by atoms with Gasteiger partial charge in [-0.1, -0.05) is 0 Å². The van der Waals surface area contributed by atoms with E-state index in [0.717, 1.165) is 6.07 Å². The van der Waals surface area contributed by atoms with Crippen LogP contribution in [0.4, 0.5) is 0 Å². The molecule has 0 aliphatic heterocycles. The smallest absolute Gasteiger partial charge is 0.338 e. The number of esters is 1. The number of ketones is 1. The Morgan fingerprint density at radius 3 is 2.18 bits per heavy atom. The number of nitrogens with two attached hydrogens (primary N) is 1. The number of carbonyl (C=O) groups excluding carboxylic acids is 2. The van der Waals surface area contributed by atoms with Crippen molar-refractivity contribution < 1.29 is 37.0 Å². The summed E-state index contributed by atoms with van der Waals surface area (Å²) in [5.41, 5.74) is 0.107. The number of methoxy groups -OCH3 is 3. The normalized spacial score (nSPS) is 10.9. The average Bonchev–Trinajstić information content (AvgIpc) is 2.69. The second kappa shape index (κ2) is 8.72. The largest absolute Gasteiger partial charge is 0.497 e. The lowest BCUT2D eigenvalue weighted by atomic mass is 10.1. The highest BCUT2D eigenvalue weighted by Crippen LogP contribution is 2.26. The molecule has 2 aromatic carbocycles. The van der Waals surface area contributed by atoms with E-state index in [1.54, 1.807) is 6.07 Å². The summed E-state index contributed by atoms with van der Waals surface area (Å²) in [6.45, 7) is -0.571. The van der Waals surface area contributed by atoms with Crippen molar-refractivity contribution in [3.05, 3.63) is 47.5 Å². The maximum Gasteiger partial charge on any atom is 0.338 e. The van der Waals surface area contributed by atoms with Crippen LogP contribution in [-0.2, 0) is 14.8 Å². The Labute approximate surface area is 162 Å². The molecule has 10 heteroatoms. The van der Waals surface area contributed by atoms with Crippen molar-refractivity contribution >= 4 is 21.8 Å². The number of primary sulfonamides is 1. The quantitative estimate of drug-likeness (QED) is 0.511. The number of benzene rings is 2. The summed E-state index contributed by atoms with van der Waals surface area (Å²) in [5.74, 6) is -0.653. The van der Waals surface area contributed by atoms with E-state index < -0.39 is 28.4 Å². The molecule has 150 valence electrons. The molecule has 0 bridgehead atoms. The van der Waals surface area contributed by atoms with Gasteiger partial charge in [0.05, 0.1) is 32.5 Å². The number of hydrogen-bond donors (Lipinski definition) is 1. The molecule has 0 spiro atoms. The average molecular weight is 409 g/mol. The fourth-order valence-corrected chi connectivity index (χ4v) is 3.07. The SMILES string of the molecule is COc1ccc(C(=O)COC(=O)c2ccc(OC)c(S(N)(=O)=O)c2)c(OC)c1. The fourth-order valence-electron chi connectivity index (χ4n) is 2.35. The lowest BCUT2D eigenvalue weighted by molar-refractivity contribution is 0.0473. The highest BCUT2D eigenvalue weighted by molar-refractivity contribution is 7.89. The van der Waals surface area contributed by atoms with E-state index in [2.05, 4.69) is 0 Å². The molecule has 0 saturated carbocycles. The second-order valence-electron chi connectivity index (χ2n) is 5.48. The zero-order valence-electron chi connectivity index (χ0n) is 15.4. The number of carbonyl (C=O) groups is 2. The molecular formula is C18H19NO8S. The molecule has 0 fully saturated rings. The van der Waals surface area contributed by atoms with Gasteiger partial charge in [-0.05, 0) is 30.3 Å². The van der Waals surface area contributed by atoms with Crippen LogP contribution in [0.2, 0.25) is 0 Å². The van der Waals surface area contributed by atoms with E-state index >= 15 is 0 Å². The van der Waals surface area contributed by atoms with Crippen LogP contribution in [0.25, 0.3) is 0 Å². The van der Waals surface area contributed by atoms with Crippen LogP contribution in [0.5, 0.6) is 17.2 Å². The summed E-state index contributed by atoms with van der Waals surface area (Å²) in [6.07, 6.45) is 0. The molecule has 0 heterocycles. The topological polar surface area (TPSA) is 131 Å².